The molecule has 0 saturated heterocycles. The molecule has 0 fully saturated rings. The summed E-state index contributed by atoms with van der Waals surface area (Å²) in [5, 5.41) is 17.3. The molecule has 0 spiro atoms. The number of hydrogen-bond acceptors (Lipinski definition) is 5. The van der Waals surface area contributed by atoms with Crippen LogP contribution in [0.4, 0.5) is 0 Å². The van der Waals surface area contributed by atoms with E-state index < -0.39 is 5.97 Å². The van der Waals surface area contributed by atoms with Crippen molar-refractivity contribution >= 4 is 29.3 Å². The lowest BCUT2D eigenvalue weighted by Gasteiger charge is -2.06. The standard InChI is InChI=1S/C11H11ClN4O2S/c1-6-3-2-4-7(9(6)12)10-14-15-11(16(10)13)19-5-8(17)18/h2-4H,5,13H2,1H3,(H,17,18). The van der Waals surface area contributed by atoms with Crippen LogP contribution in [0.5, 0.6) is 0 Å². The van der Waals surface area contributed by atoms with E-state index in [0.29, 0.717) is 21.6 Å². The summed E-state index contributed by atoms with van der Waals surface area (Å²) < 4.78 is 1.24. The van der Waals surface area contributed by atoms with Crippen molar-refractivity contribution in [2.24, 2.45) is 0 Å². The summed E-state index contributed by atoms with van der Waals surface area (Å²) in [6.45, 7) is 1.88. The SMILES string of the molecule is Cc1cccc(-c2nnc(SCC(=O)O)n2N)c1Cl. The first-order valence-electron chi connectivity index (χ1n) is 5.31. The number of nitrogens with two attached hydrogens (primary N) is 1. The first-order valence-corrected chi connectivity index (χ1v) is 6.67. The van der Waals surface area contributed by atoms with Gasteiger partial charge >= 0.3 is 5.97 Å². The lowest BCUT2D eigenvalue weighted by molar-refractivity contribution is -0.133. The molecule has 0 amide bonds. The molecule has 1 heterocycles. The van der Waals surface area contributed by atoms with E-state index in [9.17, 15) is 4.79 Å². The van der Waals surface area contributed by atoms with Crippen LogP contribution in [0.25, 0.3) is 11.4 Å². The van der Waals surface area contributed by atoms with Crippen LogP contribution in [0.1, 0.15) is 5.56 Å². The van der Waals surface area contributed by atoms with Crippen LogP contribution in [0.15, 0.2) is 23.4 Å². The number of rotatable bonds is 4. The van der Waals surface area contributed by atoms with Gasteiger partial charge in [0.2, 0.25) is 5.16 Å². The van der Waals surface area contributed by atoms with E-state index in [1.54, 1.807) is 6.07 Å². The van der Waals surface area contributed by atoms with Gasteiger partial charge in [-0.3, -0.25) is 4.79 Å². The van der Waals surface area contributed by atoms with Crippen molar-refractivity contribution in [1.29, 1.82) is 0 Å². The summed E-state index contributed by atoms with van der Waals surface area (Å²) in [6, 6.07) is 5.51. The number of hydrogen-bond donors (Lipinski definition) is 2. The summed E-state index contributed by atoms with van der Waals surface area (Å²) in [5.41, 5.74) is 1.57. The number of carboxylic acids is 1. The third-order valence-electron chi connectivity index (χ3n) is 2.42. The number of halogens is 1. The van der Waals surface area contributed by atoms with Crippen LogP contribution in [-0.2, 0) is 4.79 Å². The molecule has 1 aromatic heterocycles. The van der Waals surface area contributed by atoms with E-state index in [4.69, 9.17) is 22.6 Å². The van der Waals surface area contributed by atoms with Gasteiger partial charge in [0.15, 0.2) is 5.82 Å². The van der Waals surface area contributed by atoms with E-state index in [-0.39, 0.29) is 5.75 Å². The minimum Gasteiger partial charge on any atom is -0.481 e. The van der Waals surface area contributed by atoms with Gasteiger partial charge in [0.05, 0.1) is 10.8 Å². The molecule has 2 rings (SSSR count). The highest BCUT2D eigenvalue weighted by Gasteiger charge is 2.16. The lowest BCUT2D eigenvalue weighted by atomic mass is 10.1. The van der Waals surface area contributed by atoms with Gasteiger partial charge < -0.3 is 10.9 Å². The molecule has 3 N–H and O–H groups in total. The van der Waals surface area contributed by atoms with E-state index in [1.165, 1.54) is 4.68 Å². The molecule has 0 radical (unpaired) electrons. The second-order valence-corrected chi connectivity index (χ2v) is 5.12. The van der Waals surface area contributed by atoms with Gasteiger partial charge in [-0.1, -0.05) is 35.5 Å². The zero-order valence-electron chi connectivity index (χ0n) is 10.00. The Bertz CT molecular complexity index is 629. The average Bonchev–Trinajstić information content (AvgIpc) is 2.72. The summed E-state index contributed by atoms with van der Waals surface area (Å²) in [4.78, 5) is 10.5. The second-order valence-electron chi connectivity index (χ2n) is 3.80. The number of thioether (sulfide) groups is 1. The Balaban J connectivity index is 2.36. The molecule has 0 aliphatic rings. The average molecular weight is 299 g/mol. The third kappa shape index (κ3) is 2.82. The first-order chi connectivity index (χ1) is 9.00. The van der Waals surface area contributed by atoms with Gasteiger partial charge in [-0.2, -0.15) is 0 Å². The molecule has 1 aromatic carbocycles. The number of carboxylic acid groups (broad SMARTS) is 1. The maximum atomic E-state index is 10.5. The van der Waals surface area contributed by atoms with E-state index in [0.717, 1.165) is 17.3 Å². The smallest absolute Gasteiger partial charge is 0.313 e. The Morgan fingerprint density at radius 1 is 1.53 bits per heavy atom. The molecule has 8 heteroatoms. The molecule has 0 unspecified atom stereocenters. The van der Waals surface area contributed by atoms with Crippen molar-refractivity contribution in [3.63, 3.8) is 0 Å². The number of nitrogens with zero attached hydrogens (tertiary/aromatic N) is 3. The number of nitrogen functional groups attached to an aromatic ring is 1. The Hall–Kier alpha value is -1.73. The quantitative estimate of drug-likeness (QED) is 0.660. The molecule has 2 aromatic rings. The number of benzene rings is 1. The van der Waals surface area contributed by atoms with Crippen molar-refractivity contribution in [3.05, 3.63) is 28.8 Å². The maximum Gasteiger partial charge on any atom is 0.313 e. The van der Waals surface area contributed by atoms with Crippen LogP contribution < -0.4 is 5.84 Å². The van der Waals surface area contributed by atoms with Gasteiger partial charge in [-0.15, -0.1) is 10.2 Å². The predicted molar refractivity (Wildman–Crippen MR) is 73.7 cm³/mol. The molecule has 0 bridgehead atoms. The van der Waals surface area contributed by atoms with Gasteiger partial charge in [-0.05, 0) is 18.6 Å². The molecule has 19 heavy (non-hydrogen) atoms. The van der Waals surface area contributed by atoms with Crippen LogP contribution in [0.2, 0.25) is 5.02 Å². The summed E-state index contributed by atoms with van der Waals surface area (Å²) in [7, 11) is 0. The minimum absolute atomic E-state index is 0.128. The molecule has 0 aliphatic heterocycles. The fraction of sp³-hybridized carbons (Fsp3) is 0.182. The van der Waals surface area contributed by atoms with E-state index in [2.05, 4.69) is 10.2 Å². The predicted octanol–water partition coefficient (Wildman–Crippen LogP) is 1.80. The lowest BCUT2D eigenvalue weighted by Crippen LogP contribution is -2.12. The number of aryl methyl sites for hydroxylation is 1. The Morgan fingerprint density at radius 2 is 2.26 bits per heavy atom. The molecule has 0 aliphatic carbocycles. The zero-order valence-corrected chi connectivity index (χ0v) is 11.6. The van der Waals surface area contributed by atoms with Crippen molar-refractivity contribution in [3.8, 4) is 11.4 Å². The van der Waals surface area contributed by atoms with Crippen LogP contribution in [0.3, 0.4) is 0 Å². The zero-order chi connectivity index (χ0) is 14.0. The highest BCUT2D eigenvalue weighted by Crippen LogP contribution is 2.30. The maximum absolute atomic E-state index is 10.5. The highest BCUT2D eigenvalue weighted by molar-refractivity contribution is 7.99. The molecule has 6 nitrogen and oxygen atoms in total. The van der Waals surface area contributed by atoms with Crippen LogP contribution in [0, 0.1) is 6.92 Å². The van der Waals surface area contributed by atoms with Crippen molar-refractivity contribution in [2.45, 2.75) is 12.1 Å². The number of carbonyl (C=O) groups is 1. The Morgan fingerprint density at radius 3 is 2.95 bits per heavy atom. The first kappa shape index (κ1) is 13.7. The molecular weight excluding hydrogens is 288 g/mol. The van der Waals surface area contributed by atoms with Gasteiger partial charge in [0, 0.05) is 5.56 Å². The van der Waals surface area contributed by atoms with Crippen molar-refractivity contribution in [2.75, 3.05) is 11.6 Å². The summed E-state index contributed by atoms with van der Waals surface area (Å²) >= 11 is 7.20. The number of aliphatic carboxylic acids is 1. The topological polar surface area (TPSA) is 94.0 Å². The summed E-state index contributed by atoms with van der Waals surface area (Å²) in [6.07, 6.45) is 0. The summed E-state index contributed by atoms with van der Waals surface area (Å²) in [5.74, 6) is 5.19. The molecule has 100 valence electrons. The molecule has 0 saturated carbocycles. The van der Waals surface area contributed by atoms with Gasteiger partial charge in [0.1, 0.15) is 0 Å². The van der Waals surface area contributed by atoms with Crippen molar-refractivity contribution in [1.82, 2.24) is 14.9 Å². The van der Waals surface area contributed by atoms with Gasteiger partial charge in [-0.25, -0.2) is 4.68 Å². The monoisotopic (exact) mass is 298 g/mol. The second kappa shape index (κ2) is 5.50. The van der Waals surface area contributed by atoms with Crippen LogP contribution >= 0.6 is 23.4 Å². The fourth-order valence-electron chi connectivity index (χ4n) is 1.51. The Labute approximate surface area is 118 Å². The molecule has 0 atom stereocenters. The normalized spacial score (nSPS) is 10.6. The minimum atomic E-state index is -0.942. The molecular formula is C11H11ClN4O2S. The van der Waals surface area contributed by atoms with Crippen molar-refractivity contribution < 1.29 is 9.90 Å². The van der Waals surface area contributed by atoms with Gasteiger partial charge in [0.25, 0.3) is 0 Å². The largest absolute Gasteiger partial charge is 0.481 e. The van der Waals surface area contributed by atoms with E-state index in [1.807, 2.05) is 19.1 Å². The number of aromatic nitrogens is 3. The Kier molecular flexibility index (Phi) is 3.96. The fourth-order valence-corrected chi connectivity index (χ4v) is 2.29. The van der Waals surface area contributed by atoms with Crippen LogP contribution in [-0.4, -0.2) is 31.7 Å². The third-order valence-corrected chi connectivity index (χ3v) is 3.85. The highest BCUT2D eigenvalue weighted by atomic mass is 35.5. The van der Waals surface area contributed by atoms with E-state index >= 15 is 0 Å².